The molecule has 2 atom stereocenters. The summed E-state index contributed by atoms with van der Waals surface area (Å²) >= 11 is 0. The molecule has 7 heteroatoms. The smallest absolute Gasteiger partial charge is 0.342 e. The van der Waals surface area contributed by atoms with Gasteiger partial charge in [0.2, 0.25) is 5.91 Å². The van der Waals surface area contributed by atoms with Gasteiger partial charge in [0.05, 0.1) is 5.92 Å². The van der Waals surface area contributed by atoms with Crippen molar-refractivity contribution < 1.29 is 18.0 Å². The molecular formula is C16H26ClF3N2O. The summed E-state index contributed by atoms with van der Waals surface area (Å²) in [5.41, 5.74) is 6.24. The van der Waals surface area contributed by atoms with E-state index in [-0.39, 0.29) is 56.2 Å². The Kier molecular flexibility index (Phi) is 5.88. The van der Waals surface area contributed by atoms with Crippen LogP contribution >= 0.6 is 12.4 Å². The van der Waals surface area contributed by atoms with E-state index in [4.69, 9.17) is 5.73 Å². The quantitative estimate of drug-likeness (QED) is 0.784. The number of nitrogens with two attached hydrogens (primary N) is 1. The summed E-state index contributed by atoms with van der Waals surface area (Å²) in [6.45, 7) is 0.502. The van der Waals surface area contributed by atoms with Crippen molar-refractivity contribution in [3.63, 3.8) is 0 Å². The molecule has 2 bridgehead atoms. The highest BCUT2D eigenvalue weighted by Crippen LogP contribution is 2.43. The van der Waals surface area contributed by atoms with Gasteiger partial charge < -0.3 is 10.6 Å². The molecule has 0 aromatic rings. The molecule has 0 aromatic heterocycles. The third-order valence-electron chi connectivity index (χ3n) is 6.03. The summed E-state index contributed by atoms with van der Waals surface area (Å²) < 4.78 is 38.1. The number of alkyl halides is 3. The van der Waals surface area contributed by atoms with Gasteiger partial charge in [-0.05, 0) is 50.4 Å². The van der Waals surface area contributed by atoms with Crippen LogP contribution in [-0.2, 0) is 4.79 Å². The zero-order valence-corrected chi connectivity index (χ0v) is 14.0. The van der Waals surface area contributed by atoms with Crippen molar-refractivity contribution in [1.29, 1.82) is 0 Å². The lowest BCUT2D eigenvalue weighted by Gasteiger charge is -2.45. The fourth-order valence-electron chi connectivity index (χ4n) is 4.68. The summed E-state index contributed by atoms with van der Waals surface area (Å²) in [6.07, 6.45) is 1.02. The predicted molar refractivity (Wildman–Crippen MR) is 84.1 cm³/mol. The minimum Gasteiger partial charge on any atom is -0.342 e. The normalized spacial score (nSPS) is 35.6. The minimum atomic E-state index is -4.12. The molecule has 1 saturated heterocycles. The number of carbonyl (C=O) groups excluding carboxylic acids is 1. The van der Waals surface area contributed by atoms with Gasteiger partial charge in [-0.25, -0.2) is 0 Å². The molecule has 3 nitrogen and oxygen atoms in total. The molecule has 2 saturated carbocycles. The van der Waals surface area contributed by atoms with Crippen molar-refractivity contribution in [2.45, 2.75) is 57.2 Å². The van der Waals surface area contributed by atoms with Gasteiger partial charge in [0.25, 0.3) is 0 Å². The zero-order valence-electron chi connectivity index (χ0n) is 13.2. The van der Waals surface area contributed by atoms with E-state index in [0.29, 0.717) is 11.8 Å². The summed E-state index contributed by atoms with van der Waals surface area (Å²) in [5, 5.41) is 0. The lowest BCUT2D eigenvalue weighted by atomic mass is 9.65. The van der Waals surface area contributed by atoms with E-state index >= 15 is 0 Å². The molecule has 2 aliphatic carbocycles. The second-order valence-corrected chi connectivity index (χ2v) is 7.34. The Hall–Kier alpha value is -0.490. The van der Waals surface area contributed by atoms with E-state index in [1.807, 2.05) is 0 Å². The van der Waals surface area contributed by atoms with Crippen molar-refractivity contribution in [3.05, 3.63) is 0 Å². The van der Waals surface area contributed by atoms with Crippen LogP contribution in [0, 0.1) is 23.7 Å². The summed E-state index contributed by atoms with van der Waals surface area (Å²) in [6, 6.07) is 0.216. The first-order valence-corrected chi connectivity index (χ1v) is 8.47. The van der Waals surface area contributed by atoms with Gasteiger partial charge >= 0.3 is 6.18 Å². The van der Waals surface area contributed by atoms with Crippen LogP contribution in [0.5, 0.6) is 0 Å². The molecule has 1 aliphatic heterocycles. The van der Waals surface area contributed by atoms with Crippen LogP contribution in [-0.4, -0.2) is 36.1 Å². The maximum absolute atomic E-state index is 12.7. The Morgan fingerprint density at radius 2 is 1.52 bits per heavy atom. The van der Waals surface area contributed by atoms with Crippen LogP contribution in [0.4, 0.5) is 13.2 Å². The SMILES string of the molecule is Cl.NC1C2CCCC1CC(C(=O)N1CCC(C(F)(F)F)CC1)C2. The van der Waals surface area contributed by atoms with Crippen LogP contribution in [0.2, 0.25) is 0 Å². The Morgan fingerprint density at radius 3 is 2.00 bits per heavy atom. The van der Waals surface area contributed by atoms with Crippen LogP contribution in [0.15, 0.2) is 0 Å². The summed E-state index contributed by atoms with van der Waals surface area (Å²) in [7, 11) is 0. The number of fused-ring (bicyclic) bond motifs is 2. The molecule has 3 rings (SSSR count). The lowest BCUT2D eigenvalue weighted by molar-refractivity contribution is -0.187. The molecule has 2 unspecified atom stereocenters. The Balaban J connectivity index is 0.00000192. The van der Waals surface area contributed by atoms with Crippen molar-refractivity contribution in [3.8, 4) is 0 Å². The fourth-order valence-corrected chi connectivity index (χ4v) is 4.68. The van der Waals surface area contributed by atoms with Crippen LogP contribution < -0.4 is 5.73 Å². The number of piperidine rings is 1. The van der Waals surface area contributed by atoms with Gasteiger partial charge in [-0.15, -0.1) is 12.4 Å². The molecule has 23 heavy (non-hydrogen) atoms. The van der Waals surface area contributed by atoms with Gasteiger partial charge in [0.1, 0.15) is 0 Å². The van der Waals surface area contributed by atoms with Crippen LogP contribution in [0.25, 0.3) is 0 Å². The average Bonchev–Trinajstić information content (AvgIpc) is 2.45. The number of carbonyl (C=O) groups is 1. The first kappa shape index (κ1) is 18.8. The molecule has 1 heterocycles. The number of hydrogen-bond acceptors (Lipinski definition) is 2. The molecule has 1 amide bonds. The number of hydrogen-bond donors (Lipinski definition) is 1. The fraction of sp³-hybridized carbons (Fsp3) is 0.938. The molecule has 134 valence electrons. The highest BCUT2D eigenvalue weighted by atomic mass is 35.5. The van der Waals surface area contributed by atoms with Gasteiger partial charge in [0.15, 0.2) is 0 Å². The highest BCUT2D eigenvalue weighted by Gasteiger charge is 2.44. The molecule has 0 radical (unpaired) electrons. The van der Waals surface area contributed by atoms with Gasteiger partial charge in [-0.1, -0.05) is 6.42 Å². The first-order chi connectivity index (χ1) is 10.4. The number of nitrogens with zero attached hydrogens (tertiary/aromatic N) is 1. The molecule has 3 fully saturated rings. The van der Waals surface area contributed by atoms with E-state index in [2.05, 4.69) is 0 Å². The summed E-state index contributed by atoms with van der Waals surface area (Å²) in [5.74, 6) is -0.332. The van der Waals surface area contributed by atoms with Crippen molar-refractivity contribution in [1.82, 2.24) is 4.90 Å². The molecule has 3 aliphatic rings. The third-order valence-corrected chi connectivity index (χ3v) is 6.03. The second kappa shape index (κ2) is 7.18. The van der Waals surface area contributed by atoms with Gasteiger partial charge in [-0.2, -0.15) is 13.2 Å². The van der Waals surface area contributed by atoms with E-state index in [1.54, 1.807) is 4.90 Å². The van der Waals surface area contributed by atoms with E-state index in [1.165, 1.54) is 6.42 Å². The number of rotatable bonds is 1. The second-order valence-electron chi connectivity index (χ2n) is 7.34. The van der Waals surface area contributed by atoms with Crippen LogP contribution in [0.3, 0.4) is 0 Å². The van der Waals surface area contributed by atoms with E-state index < -0.39 is 12.1 Å². The highest BCUT2D eigenvalue weighted by molar-refractivity contribution is 5.85. The topological polar surface area (TPSA) is 46.3 Å². The Bertz CT molecular complexity index is 410. The van der Waals surface area contributed by atoms with E-state index in [9.17, 15) is 18.0 Å². The molecule has 0 aromatic carbocycles. The van der Waals surface area contributed by atoms with Crippen molar-refractivity contribution in [2.24, 2.45) is 29.4 Å². The van der Waals surface area contributed by atoms with Gasteiger partial charge in [-0.3, -0.25) is 4.79 Å². The monoisotopic (exact) mass is 354 g/mol. The molecule has 2 N–H and O–H groups in total. The molecule has 0 spiro atoms. The number of likely N-dealkylation sites (tertiary alicyclic amines) is 1. The maximum Gasteiger partial charge on any atom is 0.391 e. The Morgan fingerprint density at radius 1 is 1.00 bits per heavy atom. The van der Waals surface area contributed by atoms with Gasteiger partial charge in [0, 0.05) is 25.0 Å². The van der Waals surface area contributed by atoms with Crippen molar-refractivity contribution in [2.75, 3.05) is 13.1 Å². The maximum atomic E-state index is 12.7. The largest absolute Gasteiger partial charge is 0.391 e. The minimum absolute atomic E-state index is 0. The zero-order chi connectivity index (χ0) is 15.9. The Labute approximate surface area is 141 Å². The first-order valence-electron chi connectivity index (χ1n) is 8.47. The van der Waals surface area contributed by atoms with Crippen molar-refractivity contribution >= 4 is 18.3 Å². The lowest BCUT2D eigenvalue weighted by Crippen LogP contribution is -2.51. The predicted octanol–water partition coefficient (Wildman–Crippen LogP) is 3.36. The number of amides is 1. The average molecular weight is 355 g/mol. The van der Waals surface area contributed by atoms with E-state index in [0.717, 1.165) is 25.7 Å². The standard InChI is InChI=1S/C16H25F3N2O.ClH/c17-16(18,19)13-4-6-21(7-5-13)15(22)12-8-10-2-1-3-11(9-12)14(10)20;/h10-14H,1-9,20H2;1H. The third kappa shape index (κ3) is 3.95. The van der Waals surface area contributed by atoms with Crippen LogP contribution in [0.1, 0.15) is 44.9 Å². The summed E-state index contributed by atoms with van der Waals surface area (Å²) in [4.78, 5) is 14.3. The molecular weight excluding hydrogens is 329 g/mol. The number of halogens is 4.